The average molecular weight is 195 g/mol. The molecular formula is C13H25N. The lowest BCUT2D eigenvalue weighted by molar-refractivity contribution is 0.213. The zero-order chi connectivity index (χ0) is 10.1. The highest BCUT2D eigenvalue weighted by Gasteiger charge is 2.31. The standard InChI is InChI=1S/C13H25N/c1-9-4-7-13(8-10(9)2)14-11(3)12-5-6-12/h9-14H,4-8H2,1-3H3. The summed E-state index contributed by atoms with van der Waals surface area (Å²) < 4.78 is 0. The maximum Gasteiger partial charge on any atom is 0.00723 e. The van der Waals surface area contributed by atoms with Crippen molar-refractivity contribution in [1.29, 1.82) is 0 Å². The van der Waals surface area contributed by atoms with Crippen molar-refractivity contribution in [1.82, 2.24) is 5.32 Å². The fourth-order valence-electron chi connectivity index (χ4n) is 2.80. The lowest BCUT2D eigenvalue weighted by atomic mass is 9.79. The Kier molecular flexibility index (Phi) is 3.16. The summed E-state index contributed by atoms with van der Waals surface area (Å²) in [5.74, 6) is 2.88. The van der Waals surface area contributed by atoms with Crippen LogP contribution in [0.15, 0.2) is 0 Å². The van der Waals surface area contributed by atoms with Gasteiger partial charge >= 0.3 is 0 Å². The van der Waals surface area contributed by atoms with E-state index < -0.39 is 0 Å². The molecule has 0 bridgehead atoms. The van der Waals surface area contributed by atoms with Crippen molar-refractivity contribution >= 4 is 0 Å². The Labute approximate surface area is 88.7 Å². The first kappa shape index (κ1) is 10.5. The van der Waals surface area contributed by atoms with E-state index in [0.717, 1.165) is 29.8 Å². The highest BCUT2D eigenvalue weighted by Crippen LogP contribution is 2.34. The Morgan fingerprint density at radius 2 is 1.71 bits per heavy atom. The number of hydrogen-bond donors (Lipinski definition) is 1. The Morgan fingerprint density at radius 3 is 2.29 bits per heavy atom. The molecule has 0 aromatic carbocycles. The summed E-state index contributed by atoms with van der Waals surface area (Å²) >= 11 is 0. The molecule has 0 aromatic heterocycles. The molecule has 2 aliphatic carbocycles. The van der Waals surface area contributed by atoms with Gasteiger partial charge in [-0.1, -0.05) is 13.8 Å². The molecule has 82 valence electrons. The van der Waals surface area contributed by atoms with Gasteiger partial charge in [-0.3, -0.25) is 0 Å². The molecule has 0 heterocycles. The summed E-state index contributed by atoms with van der Waals surface area (Å²) in [6, 6.07) is 1.59. The summed E-state index contributed by atoms with van der Waals surface area (Å²) in [6.07, 6.45) is 7.16. The molecule has 0 spiro atoms. The van der Waals surface area contributed by atoms with E-state index in [1.54, 1.807) is 0 Å². The Morgan fingerprint density at radius 1 is 1.00 bits per heavy atom. The van der Waals surface area contributed by atoms with E-state index in [-0.39, 0.29) is 0 Å². The third-order valence-corrected chi connectivity index (χ3v) is 4.43. The molecule has 1 heteroatoms. The van der Waals surface area contributed by atoms with Gasteiger partial charge in [0.2, 0.25) is 0 Å². The first-order chi connectivity index (χ1) is 6.66. The zero-order valence-corrected chi connectivity index (χ0v) is 9.92. The van der Waals surface area contributed by atoms with Gasteiger partial charge in [0.15, 0.2) is 0 Å². The predicted molar refractivity (Wildman–Crippen MR) is 61.3 cm³/mol. The monoisotopic (exact) mass is 195 g/mol. The van der Waals surface area contributed by atoms with Crippen LogP contribution in [0.5, 0.6) is 0 Å². The van der Waals surface area contributed by atoms with Gasteiger partial charge in [-0.2, -0.15) is 0 Å². The lowest BCUT2D eigenvalue weighted by Gasteiger charge is -2.34. The molecule has 1 N–H and O–H groups in total. The van der Waals surface area contributed by atoms with Crippen LogP contribution in [-0.4, -0.2) is 12.1 Å². The van der Waals surface area contributed by atoms with Gasteiger partial charge in [0, 0.05) is 12.1 Å². The van der Waals surface area contributed by atoms with Gasteiger partial charge in [-0.25, -0.2) is 0 Å². The summed E-state index contributed by atoms with van der Waals surface area (Å²) in [4.78, 5) is 0. The normalized spacial score (nSPS) is 40.9. The first-order valence-corrected chi connectivity index (χ1v) is 6.43. The van der Waals surface area contributed by atoms with Gasteiger partial charge in [0.25, 0.3) is 0 Å². The van der Waals surface area contributed by atoms with Crippen molar-refractivity contribution in [3.8, 4) is 0 Å². The zero-order valence-electron chi connectivity index (χ0n) is 9.92. The molecule has 2 saturated carbocycles. The fraction of sp³-hybridized carbons (Fsp3) is 1.00. The van der Waals surface area contributed by atoms with E-state index in [2.05, 4.69) is 26.1 Å². The van der Waals surface area contributed by atoms with Crippen molar-refractivity contribution in [2.75, 3.05) is 0 Å². The van der Waals surface area contributed by atoms with E-state index >= 15 is 0 Å². The molecule has 0 aromatic rings. The van der Waals surface area contributed by atoms with Crippen molar-refractivity contribution in [2.45, 2.75) is 65.0 Å². The first-order valence-electron chi connectivity index (χ1n) is 6.43. The molecule has 2 rings (SSSR count). The fourth-order valence-corrected chi connectivity index (χ4v) is 2.80. The third kappa shape index (κ3) is 2.50. The molecular weight excluding hydrogens is 170 g/mol. The molecule has 1 nitrogen and oxygen atoms in total. The Bertz CT molecular complexity index is 186. The number of hydrogen-bond acceptors (Lipinski definition) is 1. The Hall–Kier alpha value is -0.0400. The second-order valence-corrected chi connectivity index (χ2v) is 5.76. The van der Waals surface area contributed by atoms with Gasteiger partial charge in [0.1, 0.15) is 0 Å². The third-order valence-electron chi connectivity index (χ3n) is 4.43. The topological polar surface area (TPSA) is 12.0 Å². The molecule has 2 fully saturated rings. The minimum atomic E-state index is 0.778. The summed E-state index contributed by atoms with van der Waals surface area (Å²) in [5, 5.41) is 3.83. The molecule has 4 unspecified atom stereocenters. The maximum absolute atomic E-state index is 3.83. The largest absolute Gasteiger partial charge is 0.311 e. The van der Waals surface area contributed by atoms with E-state index in [1.807, 2.05) is 0 Å². The van der Waals surface area contributed by atoms with Crippen molar-refractivity contribution < 1.29 is 0 Å². The van der Waals surface area contributed by atoms with Crippen LogP contribution in [0.25, 0.3) is 0 Å². The molecule has 0 amide bonds. The van der Waals surface area contributed by atoms with Crippen LogP contribution in [0.2, 0.25) is 0 Å². The highest BCUT2D eigenvalue weighted by atomic mass is 15.0. The van der Waals surface area contributed by atoms with E-state index in [4.69, 9.17) is 0 Å². The smallest absolute Gasteiger partial charge is 0.00723 e. The minimum Gasteiger partial charge on any atom is -0.311 e. The lowest BCUT2D eigenvalue weighted by Crippen LogP contribution is -2.41. The van der Waals surface area contributed by atoms with Crippen LogP contribution in [-0.2, 0) is 0 Å². The molecule has 0 aliphatic heterocycles. The van der Waals surface area contributed by atoms with Gasteiger partial charge in [-0.15, -0.1) is 0 Å². The predicted octanol–water partition coefficient (Wildman–Crippen LogP) is 3.20. The van der Waals surface area contributed by atoms with E-state index in [0.29, 0.717) is 0 Å². The molecule has 14 heavy (non-hydrogen) atoms. The number of rotatable bonds is 3. The Balaban J connectivity index is 1.75. The van der Waals surface area contributed by atoms with Crippen molar-refractivity contribution in [3.05, 3.63) is 0 Å². The second-order valence-electron chi connectivity index (χ2n) is 5.76. The quantitative estimate of drug-likeness (QED) is 0.729. The number of nitrogens with one attached hydrogen (secondary N) is 1. The maximum atomic E-state index is 3.83. The van der Waals surface area contributed by atoms with Crippen LogP contribution in [0.4, 0.5) is 0 Å². The van der Waals surface area contributed by atoms with E-state index in [1.165, 1.54) is 32.1 Å². The second kappa shape index (κ2) is 4.22. The van der Waals surface area contributed by atoms with Crippen LogP contribution < -0.4 is 5.32 Å². The van der Waals surface area contributed by atoms with Gasteiger partial charge < -0.3 is 5.32 Å². The summed E-state index contributed by atoms with van der Waals surface area (Å²) in [6.45, 7) is 7.20. The molecule has 0 saturated heterocycles. The molecule has 4 atom stereocenters. The highest BCUT2D eigenvalue weighted by molar-refractivity contribution is 4.88. The van der Waals surface area contributed by atoms with Crippen molar-refractivity contribution in [2.24, 2.45) is 17.8 Å². The summed E-state index contributed by atoms with van der Waals surface area (Å²) in [5.41, 5.74) is 0. The van der Waals surface area contributed by atoms with Crippen LogP contribution in [0.1, 0.15) is 52.9 Å². The van der Waals surface area contributed by atoms with Crippen molar-refractivity contribution in [3.63, 3.8) is 0 Å². The minimum absolute atomic E-state index is 0.778. The average Bonchev–Trinajstić information content (AvgIpc) is 2.94. The van der Waals surface area contributed by atoms with Crippen LogP contribution in [0.3, 0.4) is 0 Å². The van der Waals surface area contributed by atoms with Crippen LogP contribution >= 0.6 is 0 Å². The van der Waals surface area contributed by atoms with E-state index in [9.17, 15) is 0 Å². The SMILES string of the molecule is CC1CCC(NC(C)C2CC2)CC1C. The summed E-state index contributed by atoms with van der Waals surface area (Å²) in [7, 11) is 0. The van der Waals surface area contributed by atoms with Gasteiger partial charge in [0.05, 0.1) is 0 Å². The van der Waals surface area contributed by atoms with Crippen LogP contribution in [0, 0.1) is 17.8 Å². The molecule has 2 aliphatic rings. The van der Waals surface area contributed by atoms with Gasteiger partial charge in [-0.05, 0) is 56.8 Å². The molecule has 0 radical (unpaired) electrons.